The van der Waals surface area contributed by atoms with E-state index in [-0.39, 0.29) is 24.2 Å². The molecule has 1 unspecified atom stereocenters. The average molecular weight is 374 g/mol. The molecule has 1 aliphatic rings. The zero-order valence-corrected chi connectivity index (χ0v) is 14.0. The van der Waals surface area contributed by atoms with Crippen molar-refractivity contribution in [1.29, 1.82) is 0 Å². The molecule has 1 fully saturated rings. The lowest BCUT2D eigenvalue weighted by molar-refractivity contribution is -0.128. The molecule has 118 valence electrons. The van der Waals surface area contributed by atoms with Gasteiger partial charge in [0.25, 0.3) is 0 Å². The smallest absolute Gasteiger partial charge is 0.229 e. The van der Waals surface area contributed by atoms with Gasteiger partial charge >= 0.3 is 0 Å². The molecule has 1 aromatic heterocycles. The van der Waals surface area contributed by atoms with Gasteiger partial charge in [-0.1, -0.05) is 22.0 Å². The van der Waals surface area contributed by atoms with Crippen molar-refractivity contribution >= 4 is 33.4 Å². The second kappa shape index (κ2) is 6.91. The highest BCUT2D eigenvalue weighted by Gasteiger charge is 2.34. The van der Waals surface area contributed by atoms with Crippen LogP contribution in [0.4, 0.5) is 5.69 Å². The number of anilines is 1. The Bertz CT molecular complexity index is 704. The van der Waals surface area contributed by atoms with E-state index in [0.29, 0.717) is 13.1 Å². The van der Waals surface area contributed by atoms with E-state index in [1.807, 2.05) is 36.4 Å². The predicted octanol–water partition coefficient (Wildman–Crippen LogP) is 2.83. The normalized spacial score (nSPS) is 17.3. The highest BCUT2D eigenvalue weighted by molar-refractivity contribution is 9.10. The fourth-order valence-corrected chi connectivity index (χ4v) is 2.85. The maximum atomic E-state index is 12.3. The van der Waals surface area contributed by atoms with E-state index < -0.39 is 0 Å². The molecule has 2 aromatic rings. The Labute approximate surface area is 142 Å². The molecule has 6 heteroatoms. The lowest BCUT2D eigenvalue weighted by atomic mass is 10.1. The van der Waals surface area contributed by atoms with Gasteiger partial charge < -0.3 is 10.2 Å². The van der Waals surface area contributed by atoms with E-state index in [2.05, 4.69) is 26.2 Å². The number of rotatable bonds is 4. The highest BCUT2D eigenvalue weighted by atomic mass is 79.9. The van der Waals surface area contributed by atoms with Gasteiger partial charge in [0.05, 0.1) is 5.92 Å². The summed E-state index contributed by atoms with van der Waals surface area (Å²) in [5.41, 5.74) is 1.70. The Morgan fingerprint density at radius 2 is 2.09 bits per heavy atom. The van der Waals surface area contributed by atoms with Crippen molar-refractivity contribution < 1.29 is 9.59 Å². The molecule has 2 amide bonds. The van der Waals surface area contributed by atoms with Crippen molar-refractivity contribution in [2.45, 2.75) is 13.0 Å². The minimum absolute atomic E-state index is 0.00445. The fourth-order valence-electron chi connectivity index (χ4n) is 2.59. The zero-order chi connectivity index (χ0) is 16.2. The molecular formula is C17H16BrN3O2. The summed E-state index contributed by atoms with van der Waals surface area (Å²) in [6.07, 6.45) is 3.69. The number of hydrogen-bond acceptors (Lipinski definition) is 3. The van der Waals surface area contributed by atoms with Crippen molar-refractivity contribution in [3.8, 4) is 0 Å². The van der Waals surface area contributed by atoms with Gasteiger partial charge in [0.1, 0.15) is 0 Å². The number of hydrogen-bond donors (Lipinski definition) is 1. The van der Waals surface area contributed by atoms with Crippen LogP contribution in [0.2, 0.25) is 0 Å². The van der Waals surface area contributed by atoms with Gasteiger partial charge in [-0.25, -0.2) is 0 Å². The minimum Gasteiger partial charge on any atom is -0.337 e. The van der Waals surface area contributed by atoms with Crippen LogP contribution in [0.15, 0.2) is 53.3 Å². The predicted molar refractivity (Wildman–Crippen MR) is 90.5 cm³/mol. The van der Waals surface area contributed by atoms with Crippen LogP contribution in [0, 0.1) is 5.92 Å². The summed E-state index contributed by atoms with van der Waals surface area (Å²) in [6, 6.07) is 11.1. The Morgan fingerprint density at radius 1 is 1.30 bits per heavy atom. The first kappa shape index (κ1) is 15.7. The number of benzene rings is 1. The zero-order valence-electron chi connectivity index (χ0n) is 12.4. The number of carbonyl (C=O) groups is 2. The number of nitrogens with one attached hydrogen (secondary N) is 1. The Morgan fingerprint density at radius 3 is 2.78 bits per heavy atom. The number of nitrogens with zero attached hydrogens (tertiary/aromatic N) is 2. The summed E-state index contributed by atoms with van der Waals surface area (Å²) in [5, 5.41) is 2.87. The third-order valence-corrected chi connectivity index (χ3v) is 4.32. The molecule has 1 saturated heterocycles. The van der Waals surface area contributed by atoms with Crippen molar-refractivity contribution in [3.05, 3.63) is 58.8 Å². The molecule has 1 aliphatic heterocycles. The van der Waals surface area contributed by atoms with E-state index >= 15 is 0 Å². The molecule has 1 aromatic carbocycles. The lowest BCUT2D eigenvalue weighted by Crippen LogP contribution is -2.28. The van der Waals surface area contributed by atoms with Gasteiger partial charge in [-0.15, -0.1) is 0 Å². The number of halogens is 1. The maximum absolute atomic E-state index is 12.3. The summed E-state index contributed by atoms with van der Waals surface area (Å²) in [5.74, 6) is -0.429. The van der Waals surface area contributed by atoms with Crippen LogP contribution in [0.25, 0.3) is 0 Å². The van der Waals surface area contributed by atoms with Crippen LogP contribution in [0.3, 0.4) is 0 Å². The first-order valence-electron chi connectivity index (χ1n) is 7.35. The standard InChI is InChI=1S/C17H16BrN3O2/c18-14-3-5-15(6-4-14)20-17(23)13-8-16(22)21(11-13)10-12-2-1-7-19-9-12/h1-7,9,13H,8,10-11H2,(H,20,23). The van der Waals surface area contributed by atoms with Crippen LogP contribution in [0.1, 0.15) is 12.0 Å². The van der Waals surface area contributed by atoms with Crippen LogP contribution in [-0.4, -0.2) is 28.2 Å². The van der Waals surface area contributed by atoms with Gasteiger partial charge in [0, 0.05) is 42.1 Å². The van der Waals surface area contributed by atoms with Crippen molar-refractivity contribution in [1.82, 2.24) is 9.88 Å². The monoisotopic (exact) mass is 373 g/mol. The van der Waals surface area contributed by atoms with E-state index in [0.717, 1.165) is 15.7 Å². The number of amides is 2. The molecule has 3 rings (SSSR count). The number of likely N-dealkylation sites (tertiary alicyclic amines) is 1. The summed E-state index contributed by atoms with van der Waals surface area (Å²) >= 11 is 3.36. The summed E-state index contributed by atoms with van der Waals surface area (Å²) in [6.45, 7) is 0.935. The molecule has 1 atom stereocenters. The van der Waals surface area contributed by atoms with E-state index in [1.165, 1.54) is 0 Å². The summed E-state index contributed by atoms with van der Waals surface area (Å²) in [7, 11) is 0. The van der Waals surface area contributed by atoms with Crippen LogP contribution >= 0.6 is 15.9 Å². The third-order valence-electron chi connectivity index (χ3n) is 3.79. The first-order valence-corrected chi connectivity index (χ1v) is 8.14. The molecule has 23 heavy (non-hydrogen) atoms. The van der Waals surface area contributed by atoms with E-state index in [4.69, 9.17) is 0 Å². The quantitative estimate of drug-likeness (QED) is 0.895. The Hall–Kier alpha value is -2.21. The van der Waals surface area contributed by atoms with Crippen LogP contribution in [0.5, 0.6) is 0 Å². The van der Waals surface area contributed by atoms with Gasteiger partial charge in [-0.05, 0) is 35.9 Å². The Balaban J connectivity index is 1.60. The van der Waals surface area contributed by atoms with Crippen molar-refractivity contribution in [2.75, 3.05) is 11.9 Å². The molecule has 1 N–H and O–H groups in total. The lowest BCUT2D eigenvalue weighted by Gasteiger charge is -2.16. The number of carbonyl (C=O) groups excluding carboxylic acids is 2. The van der Waals surface area contributed by atoms with Gasteiger partial charge in [-0.3, -0.25) is 14.6 Å². The number of pyridine rings is 1. The second-order valence-corrected chi connectivity index (χ2v) is 6.45. The largest absolute Gasteiger partial charge is 0.337 e. The average Bonchev–Trinajstić information content (AvgIpc) is 2.92. The second-order valence-electron chi connectivity index (χ2n) is 5.53. The minimum atomic E-state index is -0.317. The first-order chi connectivity index (χ1) is 11.1. The summed E-state index contributed by atoms with van der Waals surface area (Å²) in [4.78, 5) is 30.2. The van der Waals surface area contributed by atoms with Crippen molar-refractivity contribution in [3.63, 3.8) is 0 Å². The van der Waals surface area contributed by atoms with Gasteiger partial charge in [-0.2, -0.15) is 0 Å². The summed E-state index contributed by atoms with van der Waals surface area (Å²) < 4.78 is 0.953. The SMILES string of the molecule is O=C(Nc1ccc(Br)cc1)C1CC(=O)N(Cc2cccnc2)C1. The molecule has 0 bridgehead atoms. The molecular weight excluding hydrogens is 358 g/mol. The highest BCUT2D eigenvalue weighted by Crippen LogP contribution is 2.22. The van der Waals surface area contributed by atoms with Gasteiger partial charge in [0.2, 0.25) is 11.8 Å². The van der Waals surface area contributed by atoms with E-state index in [9.17, 15) is 9.59 Å². The fraction of sp³-hybridized carbons (Fsp3) is 0.235. The van der Waals surface area contributed by atoms with E-state index in [1.54, 1.807) is 17.3 Å². The topological polar surface area (TPSA) is 62.3 Å². The van der Waals surface area contributed by atoms with Crippen LogP contribution in [-0.2, 0) is 16.1 Å². The molecule has 0 saturated carbocycles. The Kier molecular flexibility index (Phi) is 4.71. The maximum Gasteiger partial charge on any atom is 0.229 e. The van der Waals surface area contributed by atoms with Crippen molar-refractivity contribution in [2.24, 2.45) is 5.92 Å². The number of aromatic nitrogens is 1. The molecule has 5 nitrogen and oxygen atoms in total. The molecule has 0 aliphatic carbocycles. The third kappa shape index (κ3) is 3.96. The molecule has 0 spiro atoms. The van der Waals surface area contributed by atoms with Crippen LogP contribution < -0.4 is 5.32 Å². The molecule has 2 heterocycles. The molecule has 0 radical (unpaired) electrons. The van der Waals surface area contributed by atoms with Gasteiger partial charge in [0.15, 0.2) is 0 Å².